The number of hydrogen-bond acceptors (Lipinski definition) is 6. The van der Waals surface area contributed by atoms with Crippen molar-refractivity contribution in [1.29, 1.82) is 0 Å². The van der Waals surface area contributed by atoms with Crippen LogP contribution in [0.2, 0.25) is 0 Å². The molecule has 0 aromatic heterocycles. The Balaban J connectivity index is 1.97. The van der Waals surface area contributed by atoms with Crippen LogP contribution in [0.25, 0.3) is 0 Å². The Bertz CT molecular complexity index is 300. The van der Waals surface area contributed by atoms with Gasteiger partial charge >= 0.3 is 0 Å². The van der Waals surface area contributed by atoms with Crippen LogP contribution in [0, 0.1) is 11.8 Å². The third-order valence-corrected chi connectivity index (χ3v) is 6.02. The lowest BCUT2D eigenvalue weighted by Gasteiger charge is -2.37. The van der Waals surface area contributed by atoms with Gasteiger partial charge in [-0.2, -0.15) is 23.5 Å². The number of carbonyl (C=O) groups excluding carboxylic acids is 1. The van der Waals surface area contributed by atoms with E-state index in [1.165, 1.54) is 0 Å². The van der Waals surface area contributed by atoms with Crippen molar-refractivity contribution in [2.45, 2.75) is 25.0 Å². The van der Waals surface area contributed by atoms with Gasteiger partial charge in [-0.1, -0.05) is 0 Å². The molecule has 0 saturated carbocycles. The van der Waals surface area contributed by atoms with Crippen LogP contribution in [0.4, 0.5) is 0 Å². The van der Waals surface area contributed by atoms with E-state index in [1.807, 2.05) is 11.8 Å². The second kappa shape index (κ2) is 7.88. The molecule has 0 amide bonds. The second-order valence-electron chi connectivity index (χ2n) is 5.03. The number of aliphatic hydroxyl groups excluding tert-OH is 1. The first-order valence-corrected chi connectivity index (χ1v) is 9.01. The summed E-state index contributed by atoms with van der Waals surface area (Å²) in [4.78, 5) is 12.0. The number of rotatable bonds is 5. The third kappa shape index (κ3) is 4.11. The normalized spacial score (nSPS) is 34.2. The molecule has 6 heteroatoms. The van der Waals surface area contributed by atoms with E-state index in [9.17, 15) is 9.90 Å². The minimum Gasteiger partial charge on any atom is -0.392 e. The smallest absolute Gasteiger partial charge is 0.146 e. The Labute approximate surface area is 123 Å². The largest absolute Gasteiger partial charge is 0.392 e. The average molecular weight is 306 g/mol. The molecule has 0 aromatic rings. The van der Waals surface area contributed by atoms with Gasteiger partial charge in [-0.05, 0) is 12.2 Å². The van der Waals surface area contributed by atoms with Crippen molar-refractivity contribution < 1.29 is 19.4 Å². The molecule has 1 N–H and O–H groups in total. The summed E-state index contributed by atoms with van der Waals surface area (Å²) in [6, 6.07) is 0. The zero-order valence-corrected chi connectivity index (χ0v) is 12.9. The predicted molar refractivity (Wildman–Crippen MR) is 78.6 cm³/mol. The number of carbonyl (C=O) groups is 1. The molecule has 2 fully saturated rings. The second-order valence-corrected chi connectivity index (χ2v) is 7.33. The fourth-order valence-electron chi connectivity index (χ4n) is 2.67. The Morgan fingerprint density at radius 2 is 2.16 bits per heavy atom. The average Bonchev–Trinajstić information content (AvgIpc) is 2.45. The van der Waals surface area contributed by atoms with Gasteiger partial charge in [0.1, 0.15) is 12.6 Å². The Morgan fingerprint density at radius 1 is 1.37 bits per heavy atom. The highest BCUT2D eigenvalue weighted by Crippen LogP contribution is 2.34. The molecule has 0 aromatic carbocycles. The molecule has 0 spiro atoms. The van der Waals surface area contributed by atoms with Crippen LogP contribution in [0.3, 0.4) is 0 Å². The molecule has 0 aliphatic carbocycles. The van der Waals surface area contributed by atoms with Crippen LogP contribution in [-0.2, 0) is 14.3 Å². The topological polar surface area (TPSA) is 55.8 Å². The molecule has 2 aliphatic rings. The number of thioether (sulfide) groups is 2. The highest BCUT2D eigenvalue weighted by atomic mass is 32.2. The first-order valence-electron chi connectivity index (χ1n) is 6.71. The maximum atomic E-state index is 12.0. The van der Waals surface area contributed by atoms with Crippen molar-refractivity contribution >= 4 is 29.3 Å². The minimum atomic E-state index is -0.574. The Morgan fingerprint density at radius 3 is 2.89 bits per heavy atom. The lowest BCUT2D eigenvalue weighted by molar-refractivity contribution is -0.133. The summed E-state index contributed by atoms with van der Waals surface area (Å²) >= 11 is 3.60. The van der Waals surface area contributed by atoms with E-state index in [0.717, 1.165) is 29.4 Å². The molecular formula is C13H22O4S2. The number of methoxy groups -OCH3 is 1. The van der Waals surface area contributed by atoms with E-state index in [0.29, 0.717) is 6.42 Å². The first kappa shape index (κ1) is 15.6. The van der Waals surface area contributed by atoms with Crippen LogP contribution in [0.5, 0.6) is 0 Å². The Kier molecular flexibility index (Phi) is 6.49. The molecule has 2 saturated heterocycles. The van der Waals surface area contributed by atoms with E-state index in [-0.39, 0.29) is 30.5 Å². The fraction of sp³-hybridized carbons (Fsp3) is 0.923. The van der Waals surface area contributed by atoms with Gasteiger partial charge in [0.15, 0.2) is 0 Å². The summed E-state index contributed by atoms with van der Waals surface area (Å²) in [6.07, 6.45) is 0.950. The van der Waals surface area contributed by atoms with E-state index in [4.69, 9.17) is 9.47 Å². The monoisotopic (exact) mass is 306 g/mol. The number of ether oxygens (including phenoxy) is 2. The van der Waals surface area contributed by atoms with Crippen molar-refractivity contribution in [2.24, 2.45) is 11.8 Å². The highest BCUT2D eigenvalue weighted by Gasteiger charge is 2.39. The van der Waals surface area contributed by atoms with Crippen molar-refractivity contribution in [1.82, 2.24) is 0 Å². The number of ketones is 1. The van der Waals surface area contributed by atoms with Gasteiger partial charge < -0.3 is 14.6 Å². The van der Waals surface area contributed by atoms with Crippen LogP contribution in [0.1, 0.15) is 12.8 Å². The van der Waals surface area contributed by atoms with Gasteiger partial charge in [-0.25, -0.2) is 0 Å². The molecule has 0 radical (unpaired) electrons. The van der Waals surface area contributed by atoms with E-state index < -0.39 is 6.10 Å². The van der Waals surface area contributed by atoms with Gasteiger partial charge in [0, 0.05) is 36.7 Å². The summed E-state index contributed by atoms with van der Waals surface area (Å²) in [5.41, 5.74) is 0. The lowest BCUT2D eigenvalue weighted by Crippen LogP contribution is -2.46. The van der Waals surface area contributed by atoms with E-state index in [1.54, 1.807) is 18.9 Å². The Hall–Kier alpha value is 0.250. The molecule has 2 rings (SSSR count). The van der Waals surface area contributed by atoms with Gasteiger partial charge in [-0.3, -0.25) is 4.79 Å². The number of aliphatic hydroxyl groups is 1. The number of hydrogen-bond donors (Lipinski definition) is 1. The van der Waals surface area contributed by atoms with Gasteiger partial charge in [-0.15, -0.1) is 0 Å². The molecule has 4 nitrogen and oxygen atoms in total. The fourth-order valence-corrected chi connectivity index (χ4v) is 5.07. The summed E-state index contributed by atoms with van der Waals surface area (Å²) < 4.78 is 10.6. The minimum absolute atomic E-state index is 0.0101. The molecule has 4 atom stereocenters. The SMILES string of the molecule is COCO[C@@H]1CCSC[C@H]1[C@@H](O)[C@@H]1CSCCC1=O. The number of Topliss-reactive ketones (excluding diaryl/α,β-unsaturated/α-hetero) is 1. The summed E-state index contributed by atoms with van der Waals surface area (Å²) in [5, 5.41) is 10.6. The summed E-state index contributed by atoms with van der Waals surface area (Å²) in [5.74, 6) is 3.60. The molecule has 2 heterocycles. The van der Waals surface area contributed by atoms with Crippen molar-refractivity contribution in [3.63, 3.8) is 0 Å². The first-order chi connectivity index (χ1) is 9.24. The maximum absolute atomic E-state index is 12.0. The highest BCUT2D eigenvalue weighted by molar-refractivity contribution is 7.99. The van der Waals surface area contributed by atoms with Crippen LogP contribution < -0.4 is 0 Å². The zero-order valence-electron chi connectivity index (χ0n) is 11.2. The van der Waals surface area contributed by atoms with Gasteiger partial charge in [0.2, 0.25) is 0 Å². The quantitative estimate of drug-likeness (QED) is 0.775. The van der Waals surface area contributed by atoms with Crippen LogP contribution in [-0.4, -0.2) is 60.0 Å². The molecule has 2 aliphatic heterocycles. The van der Waals surface area contributed by atoms with E-state index in [2.05, 4.69) is 0 Å². The standard InChI is InChI=1S/C13H22O4S2/c1-16-8-17-12-3-5-19-7-10(12)13(15)9-6-18-4-2-11(9)14/h9-10,12-13,15H,2-8H2,1H3/t9-,10-,12-,13+/m1/s1. The van der Waals surface area contributed by atoms with Crippen molar-refractivity contribution in [3.8, 4) is 0 Å². The molecule has 110 valence electrons. The summed E-state index contributed by atoms with van der Waals surface area (Å²) in [6.45, 7) is 0.256. The van der Waals surface area contributed by atoms with Gasteiger partial charge in [0.25, 0.3) is 0 Å². The van der Waals surface area contributed by atoms with E-state index >= 15 is 0 Å². The zero-order chi connectivity index (χ0) is 13.7. The van der Waals surface area contributed by atoms with Gasteiger partial charge in [0.05, 0.1) is 18.1 Å². The van der Waals surface area contributed by atoms with Crippen molar-refractivity contribution in [2.75, 3.05) is 36.9 Å². The predicted octanol–water partition coefficient (Wildman–Crippen LogP) is 1.41. The lowest BCUT2D eigenvalue weighted by atomic mass is 9.84. The molecule has 0 unspecified atom stereocenters. The summed E-state index contributed by atoms with van der Waals surface area (Å²) in [7, 11) is 1.60. The van der Waals surface area contributed by atoms with Crippen LogP contribution in [0.15, 0.2) is 0 Å². The van der Waals surface area contributed by atoms with Crippen LogP contribution >= 0.6 is 23.5 Å². The molecule has 0 bridgehead atoms. The van der Waals surface area contributed by atoms with Crippen molar-refractivity contribution in [3.05, 3.63) is 0 Å². The molecular weight excluding hydrogens is 284 g/mol. The maximum Gasteiger partial charge on any atom is 0.146 e. The third-order valence-electron chi connectivity index (χ3n) is 3.79. The molecule has 19 heavy (non-hydrogen) atoms.